The van der Waals surface area contributed by atoms with E-state index in [0.717, 1.165) is 12.7 Å². The summed E-state index contributed by atoms with van der Waals surface area (Å²) in [5, 5.41) is 0. The van der Waals surface area contributed by atoms with Gasteiger partial charge in [0.1, 0.15) is 6.29 Å². The molecular weight excluding hydrogens is 196 g/mol. The van der Waals surface area contributed by atoms with Crippen molar-refractivity contribution in [1.82, 2.24) is 0 Å². The lowest BCUT2D eigenvalue weighted by Crippen LogP contribution is -1.94. The monoisotopic (exact) mass is 226 g/mol. The van der Waals surface area contributed by atoms with Crippen LogP contribution in [0.25, 0.3) is 0 Å². The van der Waals surface area contributed by atoms with E-state index in [1.807, 2.05) is 6.92 Å². The standard InChI is InChI=1S/C15H30O/c1-3-4-5-6-7-8-9-10-11-12-13-15(2)14-16/h14-15H,3-13H2,1-2H3/t15-/m0/s1. The van der Waals surface area contributed by atoms with Gasteiger partial charge in [-0.25, -0.2) is 0 Å². The van der Waals surface area contributed by atoms with Gasteiger partial charge in [0, 0.05) is 5.92 Å². The van der Waals surface area contributed by atoms with E-state index >= 15 is 0 Å². The number of hydrogen-bond acceptors (Lipinski definition) is 1. The van der Waals surface area contributed by atoms with Gasteiger partial charge in [-0.1, -0.05) is 78.1 Å². The Labute approximate surface area is 102 Å². The van der Waals surface area contributed by atoms with Crippen LogP contribution in [0.3, 0.4) is 0 Å². The summed E-state index contributed by atoms with van der Waals surface area (Å²) in [6.45, 7) is 4.28. The highest BCUT2D eigenvalue weighted by Gasteiger charge is 1.98. The van der Waals surface area contributed by atoms with Crippen LogP contribution in [0.15, 0.2) is 0 Å². The van der Waals surface area contributed by atoms with Crippen molar-refractivity contribution in [2.24, 2.45) is 5.92 Å². The van der Waals surface area contributed by atoms with E-state index in [4.69, 9.17) is 0 Å². The number of rotatable bonds is 12. The number of unbranched alkanes of at least 4 members (excludes halogenated alkanes) is 9. The third-order valence-corrected chi connectivity index (χ3v) is 3.25. The highest BCUT2D eigenvalue weighted by molar-refractivity contribution is 5.52. The summed E-state index contributed by atoms with van der Waals surface area (Å²) in [7, 11) is 0. The van der Waals surface area contributed by atoms with E-state index in [2.05, 4.69) is 6.92 Å². The van der Waals surface area contributed by atoms with Gasteiger partial charge >= 0.3 is 0 Å². The fraction of sp³-hybridized carbons (Fsp3) is 0.933. The van der Waals surface area contributed by atoms with Gasteiger partial charge in [0.05, 0.1) is 0 Å². The van der Waals surface area contributed by atoms with Crippen LogP contribution in [0.1, 0.15) is 84.5 Å². The maximum Gasteiger partial charge on any atom is 0.122 e. The first-order valence-electron chi connectivity index (χ1n) is 7.26. The highest BCUT2D eigenvalue weighted by Crippen LogP contribution is 2.12. The lowest BCUT2D eigenvalue weighted by atomic mass is 10.0. The second-order valence-electron chi connectivity index (χ2n) is 5.08. The third kappa shape index (κ3) is 11.7. The van der Waals surface area contributed by atoms with Gasteiger partial charge < -0.3 is 4.79 Å². The molecular formula is C15H30O. The molecule has 0 saturated carbocycles. The molecule has 0 bridgehead atoms. The fourth-order valence-electron chi connectivity index (χ4n) is 2.02. The summed E-state index contributed by atoms with van der Waals surface area (Å²) in [5.41, 5.74) is 0. The Morgan fingerprint density at radius 2 is 1.25 bits per heavy atom. The molecule has 96 valence electrons. The van der Waals surface area contributed by atoms with E-state index in [9.17, 15) is 4.79 Å². The van der Waals surface area contributed by atoms with Crippen molar-refractivity contribution in [1.29, 1.82) is 0 Å². The van der Waals surface area contributed by atoms with Crippen LogP contribution in [-0.4, -0.2) is 6.29 Å². The predicted octanol–water partition coefficient (Wildman–Crippen LogP) is 5.13. The molecule has 0 aromatic carbocycles. The van der Waals surface area contributed by atoms with Crippen LogP contribution in [0.2, 0.25) is 0 Å². The maximum atomic E-state index is 10.4. The molecule has 0 aliphatic rings. The van der Waals surface area contributed by atoms with Crippen molar-refractivity contribution in [2.45, 2.75) is 84.5 Å². The Hall–Kier alpha value is -0.330. The lowest BCUT2D eigenvalue weighted by Gasteiger charge is -2.03. The van der Waals surface area contributed by atoms with Gasteiger partial charge in [-0.3, -0.25) is 0 Å². The molecule has 0 fully saturated rings. The summed E-state index contributed by atoms with van der Waals surface area (Å²) >= 11 is 0. The normalized spacial score (nSPS) is 12.6. The van der Waals surface area contributed by atoms with E-state index in [1.165, 1.54) is 64.2 Å². The van der Waals surface area contributed by atoms with Crippen molar-refractivity contribution in [3.63, 3.8) is 0 Å². The molecule has 0 aromatic heterocycles. The van der Waals surface area contributed by atoms with E-state index in [0.29, 0.717) is 0 Å². The van der Waals surface area contributed by atoms with Gasteiger partial charge in [0.2, 0.25) is 0 Å². The maximum absolute atomic E-state index is 10.4. The Morgan fingerprint density at radius 3 is 1.69 bits per heavy atom. The number of carbonyl (C=O) groups is 1. The second kappa shape index (κ2) is 12.7. The number of aldehydes is 1. The summed E-state index contributed by atoms with van der Waals surface area (Å²) in [4.78, 5) is 10.4. The summed E-state index contributed by atoms with van der Waals surface area (Å²) in [5.74, 6) is 0.272. The summed E-state index contributed by atoms with van der Waals surface area (Å²) in [6.07, 6.45) is 15.9. The molecule has 0 amide bonds. The van der Waals surface area contributed by atoms with E-state index in [1.54, 1.807) is 0 Å². The Morgan fingerprint density at radius 1 is 0.812 bits per heavy atom. The molecule has 1 nitrogen and oxygen atoms in total. The molecule has 0 N–H and O–H groups in total. The van der Waals surface area contributed by atoms with E-state index in [-0.39, 0.29) is 5.92 Å². The van der Waals surface area contributed by atoms with E-state index < -0.39 is 0 Å². The molecule has 0 aliphatic heterocycles. The molecule has 0 unspecified atom stereocenters. The average Bonchev–Trinajstić information content (AvgIpc) is 2.31. The zero-order chi connectivity index (χ0) is 12.1. The van der Waals surface area contributed by atoms with Crippen molar-refractivity contribution in [2.75, 3.05) is 0 Å². The minimum Gasteiger partial charge on any atom is -0.303 e. The van der Waals surface area contributed by atoms with Crippen molar-refractivity contribution >= 4 is 6.29 Å². The first-order valence-corrected chi connectivity index (χ1v) is 7.26. The molecule has 0 aliphatic carbocycles. The van der Waals surface area contributed by atoms with Crippen LogP contribution in [-0.2, 0) is 4.79 Å². The molecule has 16 heavy (non-hydrogen) atoms. The third-order valence-electron chi connectivity index (χ3n) is 3.25. The zero-order valence-electron chi connectivity index (χ0n) is 11.3. The first-order chi connectivity index (χ1) is 7.81. The molecule has 0 radical (unpaired) electrons. The molecule has 0 aromatic rings. The van der Waals surface area contributed by atoms with Gasteiger partial charge in [0.15, 0.2) is 0 Å². The van der Waals surface area contributed by atoms with Crippen molar-refractivity contribution in [3.05, 3.63) is 0 Å². The molecule has 1 atom stereocenters. The lowest BCUT2D eigenvalue weighted by molar-refractivity contribution is -0.110. The fourth-order valence-corrected chi connectivity index (χ4v) is 2.02. The Bertz CT molecular complexity index is 142. The van der Waals surface area contributed by atoms with Crippen LogP contribution in [0, 0.1) is 5.92 Å². The molecule has 0 saturated heterocycles. The molecule has 0 rings (SSSR count). The molecule has 0 spiro atoms. The van der Waals surface area contributed by atoms with Gasteiger partial charge in [-0.15, -0.1) is 0 Å². The quantitative estimate of drug-likeness (QED) is 0.333. The van der Waals surface area contributed by atoms with Crippen LogP contribution >= 0.6 is 0 Å². The second-order valence-corrected chi connectivity index (χ2v) is 5.08. The summed E-state index contributed by atoms with van der Waals surface area (Å²) < 4.78 is 0. The van der Waals surface area contributed by atoms with Gasteiger partial charge in [-0.05, 0) is 6.42 Å². The van der Waals surface area contributed by atoms with Crippen LogP contribution in [0.5, 0.6) is 0 Å². The largest absolute Gasteiger partial charge is 0.303 e. The summed E-state index contributed by atoms with van der Waals surface area (Å²) in [6, 6.07) is 0. The predicted molar refractivity (Wildman–Crippen MR) is 71.7 cm³/mol. The number of carbonyl (C=O) groups excluding carboxylic acids is 1. The van der Waals surface area contributed by atoms with Crippen molar-refractivity contribution in [3.8, 4) is 0 Å². The highest BCUT2D eigenvalue weighted by atomic mass is 16.1. The smallest absolute Gasteiger partial charge is 0.122 e. The van der Waals surface area contributed by atoms with Gasteiger partial charge in [0.25, 0.3) is 0 Å². The van der Waals surface area contributed by atoms with Crippen LogP contribution in [0.4, 0.5) is 0 Å². The average molecular weight is 226 g/mol. The molecule has 1 heteroatoms. The van der Waals surface area contributed by atoms with Crippen molar-refractivity contribution < 1.29 is 4.79 Å². The number of hydrogen-bond donors (Lipinski definition) is 0. The topological polar surface area (TPSA) is 17.1 Å². The Kier molecular flexibility index (Phi) is 12.5. The molecule has 0 heterocycles. The SMILES string of the molecule is CCCCCCCCCCCC[C@H](C)C=O. The first kappa shape index (κ1) is 15.7. The van der Waals surface area contributed by atoms with Crippen LogP contribution < -0.4 is 0 Å². The minimum absolute atomic E-state index is 0.272. The Balaban J connectivity index is 2.96. The zero-order valence-corrected chi connectivity index (χ0v) is 11.3. The van der Waals surface area contributed by atoms with Gasteiger partial charge in [-0.2, -0.15) is 0 Å². The minimum atomic E-state index is 0.272.